The van der Waals surface area contributed by atoms with Gasteiger partial charge in [0.05, 0.1) is 13.2 Å². The van der Waals surface area contributed by atoms with E-state index in [0.29, 0.717) is 26.0 Å². The number of carbonyl (C=O) groups is 2. The molecule has 250 valence electrons. The van der Waals surface area contributed by atoms with Crippen molar-refractivity contribution in [2.45, 2.75) is 187 Å². The summed E-state index contributed by atoms with van der Waals surface area (Å²) in [6, 6.07) is 0. The van der Waals surface area contributed by atoms with Crippen molar-refractivity contribution < 1.29 is 24.2 Å². The van der Waals surface area contributed by atoms with E-state index < -0.39 is 0 Å². The van der Waals surface area contributed by atoms with E-state index in [9.17, 15) is 14.7 Å². The minimum absolute atomic E-state index is 0.0328. The number of carbonyl (C=O) groups excluding carboxylic acids is 2. The van der Waals surface area contributed by atoms with Crippen LogP contribution in [0.15, 0.2) is 0 Å². The lowest BCUT2D eigenvalue weighted by molar-refractivity contribution is -0.150. The lowest BCUT2D eigenvalue weighted by Crippen LogP contribution is -2.29. The SMILES string of the molecule is CCCCCCCCC(CCCCCCCC)OC(=O)CCCCN(CCO)CCCCCCC(=O)OCCCCC. The second-order valence-electron chi connectivity index (χ2n) is 12.3. The highest BCUT2D eigenvalue weighted by atomic mass is 16.5. The molecule has 0 spiro atoms. The normalized spacial score (nSPS) is 11.5. The van der Waals surface area contributed by atoms with E-state index in [-0.39, 0.29) is 24.6 Å². The third-order valence-corrected chi connectivity index (χ3v) is 8.20. The number of esters is 2. The predicted octanol–water partition coefficient (Wildman–Crippen LogP) is 9.55. The van der Waals surface area contributed by atoms with Crippen molar-refractivity contribution in [1.29, 1.82) is 0 Å². The van der Waals surface area contributed by atoms with Gasteiger partial charge in [-0.3, -0.25) is 9.59 Å². The Morgan fingerprint density at radius 1 is 0.548 bits per heavy atom. The van der Waals surface area contributed by atoms with Crippen molar-refractivity contribution in [2.75, 3.05) is 32.8 Å². The molecule has 0 radical (unpaired) electrons. The molecule has 0 aromatic rings. The summed E-state index contributed by atoms with van der Waals surface area (Å²) >= 11 is 0. The summed E-state index contributed by atoms with van der Waals surface area (Å²) in [6.07, 6.45) is 27.4. The molecule has 0 aromatic carbocycles. The zero-order valence-electron chi connectivity index (χ0n) is 28.3. The van der Waals surface area contributed by atoms with Crippen LogP contribution in [0.1, 0.15) is 181 Å². The molecule has 0 atom stereocenters. The van der Waals surface area contributed by atoms with Crippen LogP contribution in [-0.4, -0.2) is 60.9 Å². The zero-order valence-corrected chi connectivity index (χ0v) is 28.3. The Balaban J connectivity index is 4.16. The Kier molecular flexibility index (Phi) is 31.9. The van der Waals surface area contributed by atoms with Gasteiger partial charge in [0.1, 0.15) is 6.10 Å². The van der Waals surface area contributed by atoms with Crippen molar-refractivity contribution in [3.05, 3.63) is 0 Å². The molecule has 0 aliphatic rings. The number of unbranched alkanes of at least 4 members (excludes halogenated alkanes) is 16. The van der Waals surface area contributed by atoms with Gasteiger partial charge in [0.25, 0.3) is 0 Å². The molecule has 0 aromatic heterocycles. The fraction of sp³-hybridized carbons (Fsp3) is 0.944. The van der Waals surface area contributed by atoms with Crippen LogP contribution in [0.2, 0.25) is 0 Å². The quantitative estimate of drug-likeness (QED) is 0.0600. The fourth-order valence-electron chi connectivity index (χ4n) is 5.46. The molecule has 0 heterocycles. The minimum atomic E-state index is -0.0670. The summed E-state index contributed by atoms with van der Waals surface area (Å²) in [4.78, 5) is 26.7. The van der Waals surface area contributed by atoms with E-state index in [1.807, 2.05) is 0 Å². The maximum atomic E-state index is 12.7. The fourth-order valence-corrected chi connectivity index (χ4v) is 5.46. The second-order valence-corrected chi connectivity index (χ2v) is 12.3. The van der Waals surface area contributed by atoms with E-state index in [1.54, 1.807) is 0 Å². The molecule has 0 aliphatic heterocycles. The first kappa shape index (κ1) is 40.9. The second kappa shape index (κ2) is 32.8. The molecule has 0 rings (SSSR count). The smallest absolute Gasteiger partial charge is 0.306 e. The van der Waals surface area contributed by atoms with Crippen LogP contribution in [0.4, 0.5) is 0 Å². The van der Waals surface area contributed by atoms with E-state index in [1.165, 1.54) is 64.2 Å². The minimum Gasteiger partial charge on any atom is -0.466 e. The Bertz CT molecular complexity index is 569. The highest BCUT2D eigenvalue weighted by Gasteiger charge is 2.15. The van der Waals surface area contributed by atoms with E-state index in [0.717, 1.165) is 96.6 Å². The summed E-state index contributed by atoms with van der Waals surface area (Å²) in [5, 5.41) is 9.48. The van der Waals surface area contributed by atoms with E-state index in [2.05, 4.69) is 25.7 Å². The lowest BCUT2D eigenvalue weighted by atomic mass is 10.0. The first-order chi connectivity index (χ1) is 20.6. The van der Waals surface area contributed by atoms with Crippen molar-refractivity contribution in [1.82, 2.24) is 4.90 Å². The molecular formula is C36H71NO5. The zero-order chi connectivity index (χ0) is 30.9. The van der Waals surface area contributed by atoms with E-state index in [4.69, 9.17) is 9.47 Å². The maximum Gasteiger partial charge on any atom is 0.306 e. The summed E-state index contributed by atoms with van der Waals surface area (Å²) < 4.78 is 11.3. The number of hydrogen-bond donors (Lipinski definition) is 1. The molecule has 0 amide bonds. The number of aliphatic hydroxyl groups excluding tert-OH is 1. The van der Waals surface area contributed by atoms with Gasteiger partial charge in [-0.05, 0) is 70.9 Å². The molecule has 0 saturated heterocycles. The lowest BCUT2D eigenvalue weighted by Gasteiger charge is -2.21. The number of rotatable bonds is 33. The van der Waals surface area contributed by atoms with Gasteiger partial charge in [0, 0.05) is 19.4 Å². The van der Waals surface area contributed by atoms with Gasteiger partial charge in [-0.25, -0.2) is 0 Å². The van der Waals surface area contributed by atoms with Crippen molar-refractivity contribution in [2.24, 2.45) is 0 Å². The van der Waals surface area contributed by atoms with Crippen LogP contribution in [-0.2, 0) is 19.1 Å². The molecule has 6 nitrogen and oxygen atoms in total. The van der Waals surface area contributed by atoms with Crippen molar-refractivity contribution in [3.63, 3.8) is 0 Å². The molecular weight excluding hydrogens is 526 g/mol. The van der Waals surface area contributed by atoms with Crippen LogP contribution < -0.4 is 0 Å². The maximum absolute atomic E-state index is 12.7. The van der Waals surface area contributed by atoms with Crippen LogP contribution >= 0.6 is 0 Å². The first-order valence-electron chi connectivity index (χ1n) is 18.3. The monoisotopic (exact) mass is 598 g/mol. The van der Waals surface area contributed by atoms with Crippen LogP contribution in [0.5, 0.6) is 0 Å². The number of nitrogens with zero attached hydrogens (tertiary/aromatic N) is 1. The average Bonchev–Trinajstić information content (AvgIpc) is 2.98. The standard InChI is InChI=1S/C36H71NO5/c1-4-7-10-12-14-18-25-34(26-19-15-13-11-8-5-2)42-36(40)28-21-23-30-37(31-32-38)29-22-17-16-20-27-35(39)41-33-24-9-6-3/h34,38H,4-33H2,1-3H3. The largest absolute Gasteiger partial charge is 0.466 e. The van der Waals surface area contributed by atoms with Crippen LogP contribution in [0.3, 0.4) is 0 Å². The topological polar surface area (TPSA) is 76.1 Å². The summed E-state index contributed by atoms with van der Waals surface area (Å²) in [5.41, 5.74) is 0. The molecule has 0 fully saturated rings. The number of aliphatic hydroxyl groups is 1. The average molecular weight is 598 g/mol. The van der Waals surface area contributed by atoms with Gasteiger partial charge >= 0.3 is 11.9 Å². The third kappa shape index (κ3) is 29.0. The highest BCUT2D eigenvalue weighted by Crippen LogP contribution is 2.18. The number of hydrogen-bond acceptors (Lipinski definition) is 6. The Labute approximate surface area is 261 Å². The first-order valence-corrected chi connectivity index (χ1v) is 18.3. The highest BCUT2D eigenvalue weighted by molar-refractivity contribution is 5.69. The van der Waals surface area contributed by atoms with Crippen LogP contribution in [0.25, 0.3) is 0 Å². The molecule has 0 unspecified atom stereocenters. The Hall–Kier alpha value is -1.14. The van der Waals surface area contributed by atoms with Gasteiger partial charge in [0.2, 0.25) is 0 Å². The molecule has 42 heavy (non-hydrogen) atoms. The Morgan fingerprint density at radius 2 is 1.00 bits per heavy atom. The Morgan fingerprint density at radius 3 is 1.60 bits per heavy atom. The molecule has 0 aliphatic carbocycles. The third-order valence-electron chi connectivity index (χ3n) is 8.20. The van der Waals surface area contributed by atoms with Gasteiger partial charge in [0.15, 0.2) is 0 Å². The predicted molar refractivity (Wildman–Crippen MR) is 177 cm³/mol. The molecule has 6 heteroatoms. The molecule has 0 bridgehead atoms. The van der Waals surface area contributed by atoms with Crippen molar-refractivity contribution in [3.8, 4) is 0 Å². The van der Waals surface area contributed by atoms with Gasteiger partial charge in [-0.1, -0.05) is 111 Å². The van der Waals surface area contributed by atoms with Gasteiger partial charge < -0.3 is 19.5 Å². The molecule has 0 saturated carbocycles. The summed E-state index contributed by atoms with van der Waals surface area (Å²) in [7, 11) is 0. The number of ether oxygens (including phenoxy) is 2. The van der Waals surface area contributed by atoms with Gasteiger partial charge in [-0.2, -0.15) is 0 Å². The van der Waals surface area contributed by atoms with Gasteiger partial charge in [-0.15, -0.1) is 0 Å². The van der Waals surface area contributed by atoms with E-state index >= 15 is 0 Å². The van der Waals surface area contributed by atoms with Crippen molar-refractivity contribution >= 4 is 11.9 Å². The van der Waals surface area contributed by atoms with Crippen LogP contribution in [0, 0.1) is 0 Å². The summed E-state index contributed by atoms with van der Waals surface area (Å²) in [5.74, 6) is -0.0998. The summed E-state index contributed by atoms with van der Waals surface area (Å²) in [6.45, 7) is 9.88. The molecule has 1 N–H and O–H groups in total.